The summed E-state index contributed by atoms with van der Waals surface area (Å²) in [7, 11) is 0. The quantitative estimate of drug-likeness (QED) is 0.739. The number of amides is 2. The highest BCUT2D eigenvalue weighted by Gasteiger charge is 2.60. The van der Waals surface area contributed by atoms with E-state index in [9.17, 15) is 9.59 Å². The van der Waals surface area contributed by atoms with Gasteiger partial charge in [0.25, 0.3) is 5.91 Å². The number of halogens is 1. The molecule has 0 spiro atoms. The van der Waals surface area contributed by atoms with Gasteiger partial charge < -0.3 is 10.2 Å². The van der Waals surface area contributed by atoms with Crippen LogP contribution in [0.25, 0.3) is 0 Å². The Kier molecular flexibility index (Phi) is 4.46. The van der Waals surface area contributed by atoms with Crippen molar-refractivity contribution in [1.82, 2.24) is 4.90 Å². The highest BCUT2D eigenvalue weighted by molar-refractivity contribution is 6.24. The van der Waals surface area contributed by atoms with Crippen LogP contribution in [-0.4, -0.2) is 34.7 Å². The lowest BCUT2D eigenvalue weighted by Crippen LogP contribution is -2.57. The largest absolute Gasteiger partial charge is 0.339 e. The van der Waals surface area contributed by atoms with E-state index in [1.54, 1.807) is 0 Å². The summed E-state index contributed by atoms with van der Waals surface area (Å²) in [5.74, 6) is 1.27. The highest BCUT2D eigenvalue weighted by Crippen LogP contribution is 2.64. The van der Waals surface area contributed by atoms with Crippen molar-refractivity contribution in [3.63, 3.8) is 0 Å². The maximum Gasteiger partial charge on any atom is 0.255 e. The molecule has 4 nitrogen and oxygen atoms in total. The van der Waals surface area contributed by atoms with Crippen molar-refractivity contribution in [1.29, 1.82) is 0 Å². The van der Waals surface area contributed by atoms with Crippen molar-refractivity contribution >= 4 is 29.1 Å². The third-order valence-electron chi connectivity index (χ3n) is 7.52. The van der Waals surface area contributed by atoms with Crippen LogP contribution in [0, 0.1) is 17.3 Å². The van der Waals surface area contributed by atoms with E-state index in [1.165, 1.54) is 12.8 Å². The highest BCUT2D eigenvalue weighted by atomic mass is 35.5. The molecule has 5 fully saturated rings. The molecule has 150 valence electrons. The molecule has 0 radical (unpaired) electrons. The molecule has 1 heterocycles. The second-order valence-electron chi connectivity index (χ2n) is 9.74. The van der Waals surface area contributed by atoms with Crippen molar-refractivity contribution < 1.29 is 9.59 Å². The second kappa shape index (κ2) is 6.76. The number of piperidine rings is 1. The zero-order valence-corrected chi connectivity index (χ0v) is 17.1. The molecule has 1 aromatic rings. The molecule has 5 aliphatic rings. The van der Waals surface area contributed by atoms with Crippen LogP contribution in [0.15, 0.2) is 24.3 Å². The molecule has 1 aromatic carbocycles. The van der Waals surface area contributed by atoms with E-state index in [0.29, 0.717) is 23.1 Å². The SMILES string of the molecule is O=C(c1ccccc1NC(=O)C12CC3CC(CC(Cl)(C3)C1)C2)N1CCCCC1. The van der Waals surface area contributed by atoms with Gasteiger partial charge in [-0.15, -0.1) is 11.6 Å². The van der Waals surface area contributed by atoms with Crippen molar-refractivity contribution in [2.75, 3.05) is 18.4 Å². The number of nitrogens with one attached hydrogen (secondary N) is 1. The first-order chi connectivity index (χ1) is 13.5. The molecular weight excluding hydrogens is 372 g/mol. The summed E-state index contributed by atoms with van der Waals surface area (Å²) in [5, 5.41) is 3.16. The molecule has 5 heteroatoms. The number of rotatable bonds is 3. The molecule has 28 heavy (non-hydrogen) atoms. The van der Waals surface area contributed by atoms with Crippen LogP contribution in [0.5, 0.6) is 0 Å². The van der Waals surface area contributed by atoms with E-state index in [1.807, 2.05) is 29.2 Å². The Labute approximate surface area is 172 Å². The predicted molar refractivity (Wildman–Crippen MR) is 111 cm³/mol. The fourth-order valence-electron chi connectivity index (χ4n) is 6.72. The smallest absolute Gasteiger partial charge is 0.255 e. The molecule has 1 N–H and O–H groups in total. The van der Waals surface area contributed by atoms with Crippen molar-refractivity contribution in [2.24, 2.45) is 17.3 Å². The van der Waals surface area contributed by atoms with Crippen LogP contribution in [-0.2, 0) is 4.79 Å². The molecule has 0 aromatic heterocycles. The van der Waals surface area contributed by atoms with Crippen molar-refractivity contribution in [3.8, 4) is 0 Å². The summed E-state index contributed by atoms with van der Waals surface area (Å²) in [6.45, 7) is 1.62. The van der Waals surface area contributed by atoms with Gasteiger partial charge >= 0.3 is 0 Å². The van der Waals surface area contributed by atoms with Gasteiger partial charge in [-0.05, 0) is 81.8 Å². The Balaban J connectivity index is 1.38. The minimum absolute atomic E-state index is 0.0370. The number of anilines is 1. The molecule has 2 amide bonds. The van der Waals surface area contributed by atoms with E-state index in [0.717, 1.165) is 58.0 Å². The Bertz CT molecular complexity index is 788. The summed E-state index contributed by atoms with van der Waals surface area (Å²) in [4.78, 5) is 28.3. The van der Waals surface area contributed by atoms with Crippen LogP contribution in [0.3, 0.4) is 0 Å². The molecule has 4 bridgehead atoms. The number of benzene rings is 1. The van der Waals surface area contributed by atoms with Gasteiger partial charge in [0, 0.05) is 18.0 Å². The molecule has 2 unspecified atom stereocenters. The van der Waals surface area contributed by atoms with E-state index in [4.69, 9.17) is 11.6 Å². The first-order valence-electron chi connectivity index (χ1n) is 10.9. The predicted octanol–water partition coefficient (Wildman–Crippen LogP) is 4.83. The summed E-state index contributed by atoms with van der Waals surface area (Å²) in [6, 6.07) is 7.48. The fraction of sp³-hybridized carbons (Fsp3) is 0.652. The Morgan fingerprint density at radius 2 is 1.68 bits per heavy atom. The van der Waals surface area contributed by atoms with E-state index in [-0.39, 0.29) is 22.1 Å². The van der Waals surface area contributed by atoms with Gasteiger partial charge in [0.1, 0.15) is 0 Å². The van der Waals surface area contributed by atoms with E-state index < -0.39 is 0 Å². The summed E-state index contributed by atoms with van der Waals surface area (Å²) in [6.07, 6.45) is 9.34. The van der Waals surface area contributed by atoms with Crippen molar-refractivity contribution in [3.05, 3.63) is 29.8 Å². The first kappa shape index (κ1) is 18.5. The van der Waals surface area contributed by atoms with Gasteiger partial charge in [-0.1, -0.05) is 12.1 Å². The topological polar surface area (TPSA) is 49.4 Å². The second-order valence-corrected chi connectivity index (χ2v) is 10.5. The lowest BCUT2D eigenvalue weighted by molar-refractivity contribution is -0.138. The minimum atomic E-state index is -0.354. The number of nitrogens with zero attached hydrogens (tertiary/aromatic N) is 1. The lowest BCUT2D eigenvalue weighted by atomic mass is 9.49. The first-order valence-corrected chi connectivity index (χ1v) is 11.2. The summed E-state index contributed by atoms with van der Waals surface area (Å²) in [5.41, 5.74) is 0.915. The van der Waals surface area contributed by atoms with Gasteiger partial charge in [0.05, 0.1) is 16.7 Å². The number of hydrogen-bond acceptors (Lipinski definition) is 2. The number of carbonyl (C=O) groups is 2. The maximum atomic E-state index is 13.5. The Hall–Kier alpha value is -1.55. The molecule has 6 rings (SSSR count). The van der Waals surface area contributed by atoms with Crippen LogP contribution in [0.4, 0.5) is 5.69 Å². The maximum absolute atomic E-state index is 13.5. The lowest BCUT2D eigenvalue weighted by Gasteiger charge is -2.59. The zero-order chi connectivity index (χ0) is 19.4. The molecular formula is C23H29ClN2O2. The number of alkyl halides is 1. The van der Waals surface area contributed by atoms with E-state index >= 15 is 0 Å². The van der Waals surface area contributed by atoms with Gasteiger partial charge in [-0.25, -0.2) is 0 Å². The average molecular weight is 401 g/mol. The van der Waals surface area contributed by atoms with Gasteiger partial charge in [0.15, 0.2) is 0 Å². The molecule has 4 aliphatic carbocycles. The van der Waals surface area contributed by atoms with Crippen LogP contribution < -0.4 is 5.32 Å². The third kappa shape index (κ3) is 3.14. The molecule has 4 saturated carbocycles. The van der Waals surface area contributed by atoms with Crippen LogP contribution >= 0.6 is 11.6 Å². The number of carbonyl (C=O) groups excluding carboxylic acids is 2. The Morgan fingerprint density at radius 1 is 1.00 bits per heavy atom. The fourth-order valence-corrected chi connectivity index (χ4v) is 7.41. The van der Waals surface area contributed by atoms with Gasteiger partial charge in [-0.3, -0.25) is 9.59 Å². The standard InChI is InChI=1S/C23H29ClN2O2/c24-23-13-16-10-17(14-23)12-22(11-16,15-23)21(28)25-19-7-3-2-6-18(19)20(27)26-8-4-1-5-9-26/h2-3,6-7,16-17H,1,4-5,8-15H2,(H,25,28). The molecule has 1 saturated heterocycles. The van der Waals surface area contributed by atoms with Gasteiger partial charge in [-0.2, -0.15) is 0 Å². The van der Waals surface area contributed by atoms with Gasteiger partial charge in [0.2, 0.25) is 5.91 Å². The van der Waals surface area contributed by atoms with E-state index in [2.05, 4.69) is 5.32 Å². The number of para-hydroxylation sites is 1. The van der Waals surface area contributed by atoms with Crippen molar-refractivity contribution in [2.45, 2.75) is 62.7 Å². The normalized spacial score (nSPS) is 36.4. The van der Waals surface area contributed by atoms with Crippen LogP contribution in [0.1, 0.15) is 68.1 Å². The van der Waals surface area contributed by atoms with Crippen LogP contribution in [0.2, 0.25) is 0 Å². The minimum Gasteiger partial charge on any atom is -0.339 e. The molecule has 1 aliphatic heterocycles. The number of likely N-dealkylation sites (tertiary alicyclic amines) is 1. The zero-order valence-electron chi connectivity index (χ0n) is 16.4. The summed E-state index contributed by atoms with van der Waals surface area (Å²) < 4.78 is 0. The monoisotopic (exact) mass is 400 g/mol. The number of hydrogen-bond donors (Lipinski definition) is 1. The Morgan fingerprint density at radius 3 is 2.36 bits per heavy atom. The molecule has 2 atom stereocenters. The average Bonchev–Trinajstić information content (AvgIpc) is 2.66. The summed E-state index contributed by atoms with van der Waals surface area (Å²) >= 11 is 6.91. The third-order valence-corrected chi connectivity index (χ3v) is 7.96.